The van der Waals surface area contributed by atoms with Crippen molar-refractivity contribution in [2.75, 3.05) is 7.11 Å². The number of hydrogen-bond acceptors (Lipinski definition) is 4. The number of ketones is 1. The average Bonchev–Trinajstić information content (AvgIpc) is 3.09. The highest BCUT2D eigenvalue weighted by atomic mass is 16.5. The quantitative estimate of drug-likeness (QED) is 0.492. The Bertz CT molecular complexity index is 1220. The number of carbonyl (C=O) groups is 1. The fourth-order valence-electron chi connectivity index (χ4n) is 3.54. The molecule has 2 heterocycles. The number of hydrogen-bond donors (Lipinski definition) is 1. The largest absolute Gasteiger partial charge is 0.497 e. The van der Waals surface area contributed by atoms with Crippen LogP contribution in [0.2, 0.25) is 0 Å². The van der Waals surface area contributed by atoms with Gasteiger partial charge in [-0.3, -0.25) is 9.89 Å². The number of fused-ring (bicyclic) bond motifs is 1. The third-order valence-electron chi connectivity index (χ3n) is 5.16. The van der Waals surface area contributed by atoms with Crippen molar-refractivity contribution in [3.05, 3.63) is 76.5 Å². The molecule has 146 valence electrons. The van der Waals surface area contributed by atoms with E-state index in [2.05, 4.69) is 10.2 Å². The predicted molar refractivity (Wildman–Crippen MR) is 115 cm³/mol. The van der Waals surface area contributed by atoms with Crippen molar-refractivity contribution in [3.8, 4) is 17.0 Å². The molecule has 0 spiro atoms. The van der Waals surface area contributed by atoms with Gasteiger partial charge in [0.15, 0.2) is 11.4 Å². The van der Waals surface area contributed by atoms with Gasteiger partial charge in [-0.15, -0.1) is 0 Å². The van der Waals surface area contributed by atoms with Crippen molar-refractivity contribution in [1.82, 2.24) is 15.2 Å². The molecular formula is C24H23N3O2. The molecule has 5 heteroatoms. The number of nitrogens with zero attached hydrogens (tertiary/aromatic N) is 2. The van der Waals surface area contributed by atoms with E-state index in [1.54, 1.807) is 13.2 Å². The molecule has 0 bridgehead atoms. The van der Waals surface area contributed by atoms with Crippen LogP contribution < -0.4 is 4.74 Å². The molecule has 0 radical (unpaired) electrons. The molecule has 2 aromatic carbocycles. The van der Waals surface area contributed by atoms with Gasteiger partial charge >= 0.3 is 0 Å². The number of aromatic nitrogens is 3. The maximum atomic E-state index is 12.9. The zero-order valence-corrected chi connectivity index (χ0v) is 17.0. The molecule has 2 aromatic heterocycles. The third-order valence-corrected chi connectivity index (χ3v) is 5.16. The molecule has 5 nitrogen and oxygen atoms in total. The standard InChI is InChI=1S/C24H23N3O2/c1-14-9-18(13-19(10-14)29-4)23(28)12-17-6-5-15(2)21(11-17)22-8-7-20-16(3)26-27-24(20)25-22/h5-11,13H,12H2,1-4H3,(H,25,26,27). The van der Waals surface area contributed by atoms with E-state index in [4.69, 9.17) is 9.72 Å². The number of Topliss-reactive ketones (excluding diaryl/α,β-unsaturated/α-hetero) is 1. The summed E-state index contributed by atoms with van der Waals surface area (Å²) in [7, 11) is 1.61. The second-order valence-corrected chi connectivity index (χ2v) is 7.40. The summed E-state index contributed by atoms with van der Waals surface area (Å²) in [5, 5.41) is 8.26. The molecule has 29 heavy (non-hydrogen) atoms. The Hall–Kier alpha value is -3.47. The number of carbonyl (C=O) groups excluding carboxylic acids is 1. The minimum atomic E-state index is 0.0631. The molecule has 0 aliphatic carbocycles. The maximum Gasteiger partial charge on any atom is 0.181 e. The lowest BCUT2D eigenvalue weighted by atomic mass is 9.96. The highest BCUT2D eigenvalue weighted by Crippen LogP contribution is 2.26. The van der Waals surface area contributed by atoms with Crippen molar-refractivity contribution in [2.45, 2.75) is 27.2 Å². The lowest BCUT2D eigenvalue weighted by Crippen LogP contribution is -2.05. The van der Waals surface area contributed by atoms with Crippen LogP contribution in [0.5, 0.6) is 5.75 Å². The van der Waals surface area contributed by atoms with Crippen LogP contribution >= 0.6 is 0 Å². The Balaban J connectivity index is 1.66. The molecule has 4 rings (SSSR count). The number of ether oxygens (including phenoxy) is 1. The van der Waals surface area contributed by atoms with Crippen LogP contribution in [-0.4, -0.2) is 28.1 Å². The summed E-state index contributed by atoms with van der Waals surface area (Å²) < 4.78 is 5.30. The van der Waals surface area contributed by atoms with Gasteiger partial charge in [0.2, 0.25) is 0 Å². The number of H-pyrrole nitrogens is 1. The SMILES string of the molecule is COc1cc(C)cc(C(=O)Cc2ccc(C)c(-c3ccc4c(C)[nH]nc4n3)c2)c1. The Labute approximate surface area is 169 Å². The highest BCUT2D eigenvalue weighted by Gasteiger charge is 2.13. The second kappa shape index (κ2) is 7.51. The normalized spacial score (nSPS) is 11.0. The molecule has 0 aliphatic heterocycles. The summed E-state index contributed by atoms with van der Waals surface area (Å²) in [5.41, 5.74) is 7.30. The molecule has 0 amide bonds. The highest BCUT2D eigenvalue weighted by molar-refractivity contribution is 5.98. The van der Waals surface area contributed by atoms with Crippen molar-refractivity contribution in [1.29, 1.82) is 0 Å². The number of aromatic amines is 1. The van der Waals surface area contributed by atoms with Crippen molar-refractivity contribution >= 4 is 16.8 Å². The molecule has 0 unspecified atom stereocenters. The molecule has 0 saturated carbocycles. The van der Waals surface area contributed by atoms with Crippen LogP contribution in [0.4, 0.5) is 0 Å². The van der Waals surface area contributed by atoms with Crippen LogP contribution in [0.25, 0.3) is 22.3 Å². The van der Waals surface area contributed by atoms with Crippen LogP contribution in [0, 0.1) is 20.8 Å². The monoisotopic (exact) mass is 385 g/mol. The van der Waals surface area contributed by atoms with E-state index in [9.17, 15) is 4.79 Å². The summed E-state index contributed by atoms with van der Waals surface area (Å²) >= 11 is 0. The lowest BCUT2D eigenvalue weighted by molar-refractivity contribution is 0.0992. The number of benzene rings is 2. The topological polar surface area (TPSA) is 67.9 Å². The number of pyridine rings is 1. The molecule has 1 N–H and O–H groups in total. The Kier molecular flexibility index (Phi) is 4.89. The minimum absolute atomic E-state index is 0.0631. The smallest absolute Gasteiger partial charge is 0.181 e. The van der Waals surface area contributed by atoms with E-state index >= 15 is 0 Å². The van der Waals surface area contributed by atoms with Crippen LogP contribution in [-0.2, 0) is 6.42 Å². The molecule has 0 atom stereocenters. The molecule has 4 aromatic rings. The molecule has 0 saturated heterocycles. The first kappa shape index (κ1) is 18.9. The average molecular weight is 385 g/mol. The van der Waals surface area contributed by atoms with Gasteiger partial charge in [-0.05, 0) is 73.9 Å². The van der Waals surface area contributed by atoms with Gasteiger partial charge in [0.25, 0.3) is 0 Å². The minimum Gasteiger partial charge on any atom is -0.497 e. The summed E-state index contributed by atoms with van der Waals surface area (Å²) in [6.45, 7) is 5.99. The number of nitrogens with one attached hydrogen (secondary N) is 1. The zero-order chi connectivity index (χ0) is 20.5. The fourth-order valence-corrected chi connectivity index (χ4v) is 3.54. The van der Waals surface area contributed by atoms with E-state index in [0.29, 0.717) is 23.4 Å². The van der Waals surface area contributed by atoms with Gasteiger partial charge in [-0.2, -0.15) is 5.10 Å². The van der Waals surface area contributed by atoms with Crippen molar-refractivity contribution < 1.29 is 9.53 Å². The first-order chi connectivity index (χ1) is 13.9. The summed E-state index contributed by atoms with van der Waals surface area (Å²) in [6.07, 6.45) is 0.323. The van der Waals surface area contributed by atoms with Crippen LogP contribution in [0.15, 0.2) is 48.5 Å². The first-order valence-electron chi connectivity index (χ1n) is 9.55. The van der Waals surface area contributed by atoms with E-state index in [0.717, 1.165) is 39.0 Å². The molecule has 0 aliphatic rings. The van der Waals surface area contributed by atoms with Gasteiger partial charge in [0, 0.05) is 28.6 Å². The number of aryl methyl sites for hydroxylation is 3. The number of methoxy groups -OCH3 is 1. The summed E-state index contributed by atoms with van der Waals surface area (Å²) in [6, 6.07) is 15.7. The van der Waals surface area contributed by atoms with Crippen molar-refractivity contribution in [3.63, 3.8) is 0 Å². The fraction of sp³-hybridized carbons (Fsp3) is 0.208. The van der Waals surface area contributed by atoms with Gasteiger partial charge in [0.1, 0.15) is 5.75 Å². The van der Waals surface area contributed by atoms with Crippen molar-refractivity contribution in [2.24, 2.45) is 0 Å². The molecular weight excluding hydrogens is 362 g/mol. The predicted octanol–water partition coefficient (Wildman–Crippen LogP) is 4.98. The van der Waals surface area contributed by atoms with Gasteiger partial charge in [-0.25, -0.2) is 4.98 Å². The lowest BCUT2D eigenvalue weighted by Gasteiger charge is -2.10. The van der Waals surface area contributed by atoms with E-state index in [1.165, 1.54) is 0 Å². The van der Waals surface area contributed by atoms with E-state index in [1.807, 2.05) is 63.2 Å². The maximum absolute atomic E-state index is 12.9. The van der Waals surface area contributed by atoms with Gasteiger partial charge < -0.3 is 4.74 Å². The van der Waals surface area contributed by atoms with Gasteiger partial charge in [-0.1, -0.05) is 12.1 Å². The van der Waals surface area contributed by atoms with E-state index < -0.39 is 0 Å². The van der Waals surface area contributed by atoms with E-state index in [-0.39, 0.29) is 5.78 Å². The molecule has 0 fully saturated rings. The Morgan fingerprint density at radius 2 is 1.86 bits per heavy atom. The van der Waals surface area contributed by atoms with Gasteiger partial charge in [0.05, 0.1) is 12.8 Å². The summed E-state index contributed by atoms with van der Waals surface area (Å²) in [4.78, 5) is 17.6. The Morgan fingerprint density at radius 3 is 2.66 bits per heavy atom. The summed E-state index contributed by atoms with van der Waals surface area (Å²) in [5.74, 6) is 0.762. The number of rotatable bonds is 5. The second-order valence-electron chi connectivity index (χ2n) is 7.40. The van der Waals surface area contributed by atoms with Crippen LogP contribution in [0.1, 0.15) is 32.7 Å². The van der Waals surface area contributed by atoms with Crippen LogP contribution in [0.3, 0.4) is 0 Å². The first-order valence-corrected chi connectivity index (χ1v) is 9.55. The third kappa shape index (κ3) is 3.76. The zero-order valence-electron chi connectivity index (χ0n) is 17.0. The Morgan fingerprint density at radius 1 is 1.03 bits per heavy atom.